The fraction of sp³-hybridized carbons (Fsp3) is 0.895. The second-order valence-corrected chi connectivity index (χ2v) is 6.63. The highest BCUT2D eigenvalue weighted by molar-refractivity contribution is 5.84. The Balaban J connectivity index is 3.33. The molecule has 0 unspecified atom stereocenters. The average molecular weight is 344 g/mol. The Hall–Kier alpha value is -0.940. The molecule has 0 aliphatic heterocycles. The first-order chi connectivity index (χ1) is 11.4. The van der Waals surface area contributed by atoms with Crippen LogP contribution >= 0.6 is 0 Å². The van der Waals surface area contributed by atoms with Crippen LogP contribution in [0.5, 0.6) is 0 Å². The van der Waals surface area contributed by atoms with Crippen LogP contribution in [0, 0.1) is 0 Å². The van der Waals surface area contributed by atoms with E-state index >= 15 is 0 Å². The Morgan fingerprint density at radius 3 is 1.50 bits per heavy atom. The highest BCUT2D eigenvalue weighted by Gasteiger charge is 2.34. The molecule has 0 aromatic carbocycles. The van der Waals surface area contributed by atoms with Crippen LogP contribution in [0.15, 0.2) is 0 Å². The molecule has 0 radical (unpaired) electrons. The Morgan fingerprint density at radius 1 is 0.750 bits per heavy atom. The molecule has 0 aliphatic carbocycles. The number of aliphatic hydroxyl groups is 2. The zero-order chi connectivity index (χ0) is 18.3. The van der Waals surface area contributed by atoms with Crippen molar-refractivity contribution >= 4 is 11.8 Å². The standard InChI is InChI=1S/C19H36O5/c1-3-4-5-6-7-8-9-10-11-12-13-14-15-16-18(21)24-19(22,23)17(2)20/h22-23H,3-16H2,1-2H3. The van der Waals surface area contributed by atoms with Gasteiger partial charge in [0.25, 0.3) is 0 Å². The van der Waals surface area contributed by atoms with Gasteiger partial charge in [-0.05, 0) is 6.42 Å². The van der Waals surface area contributed by atoms with E-state index in [9.17, 15) is 9.59 Å². The van der Waals surface area contributed by atoms with Crippen molar-refractivity contribution in [1.29, 1.82) is 0 Å². The molecule has 142 valence electrons. The first-order valence-corrected chi connectivity index (χ1v) is 9.57. The highest BCUT2D eigenvalue weighted by Crippen LogP contribution is 2.13. The number of ether oxygens (including phenoxy) is 1. The van der Waals surface area contributed by atoms with Crippen molar-refractivity contribution < 1.29 is 24.5 Å². The van der Waals surface area contributed by atoms with E-state index in [1.54, 1.807) is 0 Å². The Morgan fingerprint density at radius 2 is 1.12 bits per heavy atom. The van der Waals surface area contributed by atoms with Crippen LogP contribution in [0.4, 0.5) is 0 Å². The number of ketones is 1. The SMILES string of the molecule is CCCCCCCCCCCCCCCC(=O)OC(O)(O)C(C)=O. The zero-order valence-corrected chi connectivity index (χ0v) is 15.5. The minimum atomic E-state index is -2.98. The van der Waals surface area contributed by atoms with E-state index in [0.29, 0.717) is 6.42 Å². The van der Waals surface area contributed by atoms with Gasteiger partial charge in [-0.15, -0.1) is 0 Å². The maximum Gasteiger partial charge on any atom is 0.387 e. The molecule has 0 fully saturated rings. The van der Waals surface area contributed by atoms with Gasteiger partial charge in [0.2, 0.25) is 5.78 Å². The molecule has 0 heterocycles. The lowest BCUT2D eigenvalue weighted by Crippen LogP contribution is -2.41. The summed E-state index contributed by atoms with van der Waals surface area (Å²) >= 11 is 0. The van der Waals surface area contributed by atoms with Crippen LogP contribution in [-0.4, -0.2) is 27.9 Å². The van der Waals surface area contributed by atoms with Crippen molar-refractivity contribution in [2.24, 2.45) is 0 Å². The highest BCUT2D eigenvalue weighted by atomic mass is 16.8. The van der Waals surface area contributed by atoms with Crippen LogP contribution in [0.1, 0.15) is 104 Å². The Bertz CT molecular complexity index is 339. The molecule has 5 heteroatoms. The van der Waals surface area contributed by atoms with E-state index < -0.39 is 17.7 Å². The van der Waals surface area contributed by atoms with Crippen molar-refractivity contribution in [3.63, 3.8) is 0 Å². The molecule has 0 saturated carbocycles. The second kappa shape index (κ2) is 14.4. The predicted octanol–water partition coefficient (Wildman–Crippen LogP) is 4.24. The van der Waals surface area contributed by atoms with E-state index in [1.807, 2.05) is 0 Å². The molecule has 0 aliphatic rings. The lowest BCUT2D eigenvalue weighted by atomic mass is 10.0. The van der Waals surface area contributed by atoms with Gasteiger partial charge in [-0.3, -0.25) is 9.59 Å². The number of carbonyl (C=O) groups excluding carboxylic acids is 2. The second-order valence-electron chi connectivity index (χ2n) is 6.63. The van der Waals surface area contributed by atoms with Crippen molar-refractivity contribution in [2.45, 2.75) is 110 Å². The fourth-order valence-electron chi connectivity index (χ4n) is 2.57. The zero-order valence-electron chi connectivity index (χ0n) is 15.5. The largest absolute Gasteiger partial charge is 0.402 e. The van der Waals surface area contributed by atoms with Crippen molar-refractivity contribution in [2.75, 3.05) is 0 Å². The summed E-state index contributed by atoms with van der Waals surface area (Å²) in [5.74, 6) is -4.73. The van der Waals surface area contributed by atoms with E-state index in [4.69, 9.17) is 10.2 Å². The molecule has 0 aromatic rings. The molecular formula is C19H36O5. The number of Topliss-reactive ketones (excluding diaryl/α,β-unsaturated/α-hetero) is 1. The molecule has 0 aromatic heterocycles. The number of esters is 1. The number of carbonyl (C=O) groups is 2. The molecule has 0 bridgehead atoms. The quantitative estimate of drug-likeness (QED) is 0.248. The Labute approximate surface area is 146 Å². The number of hydrogen-bond donors (Lipinski definition) is 2. The molecule has 0 atom stereocenters. The monoisotopic (exact) mass is 344 g/mol. The van der Waals surface area contributed by atoms with Gasteiger partial charge in [-0.2, -0.15) is 0 Å². The summed E-state index contributed by atoms with van der Waals surface area (Å²) in [6.45, 7) is 3.19. The lowest BCUT2D eigenvalue weighted by Gasteiger charge is -2.17. The number of unbranched alkanes of at least 4 members (excludes halogenated alkanes) is 12. The van der Waals surface area contributed by atoms with Gasteiger partial charge in [0.1, 0.15) is 0 Å². The molecule has 5 nitrogen and oxygen atoms in total. The Kier molecular flexibility index (Phi) is 13.8. The fourth-order valence-corrected chi connectivity index (χ4v) is 2.57. The van der Waals surface area contributed by atoms with Crippen LogP contribution in [0.2, 0.25) is 0 Å². The first-order valence-electron chi connectivity index (χ1n) is 9.57. The lowest BCUT2D eigenvalue weighted by molar-refractivity contribution is -0.295. The molecule has 0 rings (SSSR count). The van der Waals surface area contributed by atoms with Gasteiger partial charge >= 0.3 is 11.9 Å². The van der Waals surface area contributed by atoms with Crippen molar-refractivity contribution in [3.8, 4) is 0 Å². The summed E-state index contributed by atoms with van der Waals surface area (Å²) in [6.07, 6.45) is 15.8. The van der Waals surface area contributed by atoms with Crippen LogP contribution in [0.3, 0.4) is 0 Å². The summed E-state index contributed by atoms with van der Waals surface area (Å²) in [5.41, 5.74) is 0. The molecule has 0 spiro atoms. The van der Waals surface area contributed by atoms with Crippen LogP contribution < -0.4 is 0 Å². The van der Waals surface area contributed by atoms with Gasteiger partial charge in [0.05, 0.1) is 0 Å². The van der Waals surface area contributed by atoms with Crippen LogP contribution in [0.25, 0.3) is 0 Å². The van der Waals surface area contributed by atoms with Crippen molar-refractivity contribution in [1.82, 2.24) is 0 Å². The number of hydrogen-bond acceptors (Lipinski definition) is 5. The van der Waals surface area contributed by atoms with Gasteiger partial charge in [-0.1, -0.05) is 84.0 Å². The van der Waals surface area contributed by atoms with Crippen molar-refractivity contribution in [3.05, 3.63) is 0 Å². The van der Waals surface area contributed by atoms with Gasteiger partial charge in [0, 0.05) is 13.3 Å². The van der Waals surface area contributed by atoms with E-state index in [-0.39, 0.29) is 6.42 Å². The summed E-state index contributed by atoms with van der Waals surface area (Å²) in [7, 11) is 0. The molecular weight excluding hydrogens is 308 g/mol. The third kappa shape index (κ3) is 13.5. The minimum Gasteiger partial charge on any atom is -0.402 e. The molecule has 0 saturated heterocycles. The van der Waals surface area contributed by atoms with E-state index in [1.165, 1.54) is 64.2 Å². The van der Waals surface area contributed by atoms with Gasteiger partial charge < -0.3 is 14.9 Å². The normalized spacial score (nSPS) is 11.5. The summed E-state index contributed by atoms with van der Waals surface area (Å²) in [6, 6.07) is 0. The molecule has 2 N–H and O–H groups in total. The third-order valence-electron chi connectivity index (χ3n) is 4.20. The predicted molar refractivity (Wildman–Crippen MR) is 94.3 cm³/mol. The summed E-state index contributed by atoms with van der Waals surface area (Å²) < 4.78 is 4.33. The maximum absolute atomic E-state index is 11.4. The van der Waals surface area contributed by atoms with Gasteiger partial charge in [0.15, 0.2) is 0 Å². The first kappa shape index (κ1) is 23.1. The topological polar surface area (TPSA) is 83.8 Å². The van der Waals surface area contributed by atoms with Crippen LogP contribution in [-0.2, 0) is 14.3 Å². The third-order valence-corrected chi connectivity index (χ3v) is 4.20. The summed E-state index contributed by atoms with van der Waals surface area (Å²) in [5, 5.41) is 18.3. The minimum absolute atomic E-state index is 0.105. The summed E-state index contributed by atoms with van der Waals surface area (Å²) in [4.78, 5) is 22.2. The van der Waals surface area contributed by atoms with E-state index in [2.05, 4.69) is 11.7 Å². The molecule has 24 heavy (non-hydrogen) atoms. The average Bonchev–Trinajstić information content (AvgIpc) is 2.51. The van der Waals surface area contributed by atoms with E-state index in [0.717, 1.165) is 19.8 Å². The number of rotatable bonds is 16. The molecule has 0 amide bonds. The maximum atomic E-state index is 11.4. The van der Waals surface area contributed by atoms with Gasteiger partial charge in [-0.25, -0.2) is 0 Å². The smallest absolute Gasteiger partial charge is 0.387 e.